The fourth-order valence-corrected chi connectivity index (χ4v) is 1.37. The fraction of sp³-hybridized carbons (Fsp3) is 0.333. The molecular weight excluding hydrogens is 220 g/mol. The predicted molar refractivity (Wildman–Crippen MR) is 64.9 cm³/mol. The molecule has 0 saturated heterocycles. The van der Waals surface area contributed by atoms with E-state index < -0.39 is 12.0 Å². The minimum absolute atomic E-state index is 0.242. The highest BCUT2D eigenvalue weighted by Crippen LogP contribution is 2.09. The van der Waals surface area contributed by atoms with Crippen LogP contribution in [-0.2, 0) is 9.59 Å². The Morgan fingerprint density at radius 2 is 1.88 bits per heavy atom. The van der Waals surface area contributed by atoms with E-state index in [0.717, 1.165) is 5.56 Å². The van der Waals surface area contributed by atoms with Crippen molar-refractivity contribution in [2.24, 2.45) is 0 Å². The maximum absolute atomic E-state index is 11.7. The normalized spacial score (nSPS) is 11.9. The molecule has 0 aromatic heterocycles. The standard InChI is InChI=1S/C12H16N2O3/c1-8-3-5-9(6-4-8)14-12(17)10(13-2)7-11(15)16/h3-6,10,13H,7H2,1-2H3,(H,14,17)(H,15,16). The summed E-state index contributed by atoms with van der Waals surface area (Å²) >= 11 is 0. The Hall–Kier alpha value is -1.88. The summed E-state index contributed by atoms with van der Waals surface area (Å²) in [5, 5.41) is 14.0. The summed E-state index contributed by atoms with van der Waals surface area (Å²) in [6, 6.07) is 6.58. The molecule has 0 aliphatic rings. The Morgan fingerprint density at radius 3 is 2.35 bits per heavy atom. The Morgan fingerprint density at radius 1 is 1.29 bits per heavy atom. The van der Waals surface area contributed by atoms with Gasteiger partial charge in [-0.25, -0.2) is 0 Å². The topological polar surface area (TPSA) is 78.4 Å². The second kappa shape index (κ2) is 6.00. The van der Waals surface area contributed by atoms with Crippen LogP contribution in [0.3, 0.4) is 0 Å². The molecular formula is C12H16N2O3. The van der Waals surface area contributed by atoms with Crippen LogP contribution in [0.15, 0.2) is 24.3 Å². The maximum atomic E-state index is 11.7. The number of benzene rings is 1. The van der Waals surface area contributed by atoms with Crippen LogP contribution in [0.1, 0.15) is 12.0 Å². The van der Waals surface area contributed by atoms with Gasteiger partial charge in [-0.2, -0.15) is 0 Å². The van der Waals surface area contributed by atoms with Gasteiger partial charge in [0, 0.05) is 5.69 Å². The van der Waals surface area contributed by atoms with Gasteiger partial charge in [-0.05, 0) is 26.1 Å². The number of carbonyl (C=O) groups excluding carboxylic acids is 1. The van der Waals surface area contributed by atoms with E-state index in [-0.39, 0.29) is 12.3 Å². The molecule has 1 aromatic rings. The number of hydrogen-bond acceptors (Lipinski definition) is 3. The predicted octanol–water partition coefficient (Wildman–Crippen LogP) is 0.996. The minimum atomic E-state index is -1.01. The number of aliphatic carboxylic acids is 1. The summed E-state index contributed by atoms with van der Waals surface area (Å²) in [5.41, 5.74) is 1.75. The van der Waals surface area contributed by atoms with Crippen LogP contribution in [0.5, 0.6) is 0 Å². The third kappa shape index (κ3) is 4.24. The van der Waals surface area contributed by atoms with Crippen molar-refractivity contribution in [3.05, 3.63) is 29.8 Å². The smallest absolute Gasteiger partial charge is 0.305 e. The van der Waals surface area contributed by atoms with Crippen LogP contribution < -0.4 is 10.6 Å². The SMILES string of the molecule is CNC(CC(=O)O)C(=O)Nc1ccc(C)cc1. The minimum Gasteiger partial charge on any atom is -0.481 e. The summed E-state index contributed by atoms with van der Waals surface area (Å²) < 4.78 is 0. The molecule has 1 aromatic carbocycles. The van der Waals surface area contributed by atoms with Crippen molar-refractivity contribution < 1.29 is 14.7 Å². The van der Waals surface area contributed by atoms with Crippen LogP contribution in [0.2, 0.25) is 0 Å². The third-order valence-corrected chi connectivity index (χ3v) is 2.36. The number of amides is 1. The summed E-state index contributed by atoms with van der Waals surface area (Å²) in [5.74, 6) is -1.36. The van der Waals surface area contributed by atoms with Gasteiger partial charge in [0.15, 0.2) is 0 Å². The zero-order valence-corrected chi connectivity index (χ0v) is 9.86. The van der Waals surface area contributed by atoms with Crippen molar-refractivity contribution in [1.29, 1.82) is 0 Å². The molecule has 0 spiro atoms. The number of carboxylic acids is 1. The number of carbonyl (C=O) groups is 2. The number of carboxylic acid groups (broad SMARTS) is 1. The van der Waals surface area contributed by atoms with E-state index in [0.29, 0.717) is 5.69 Å². The molecule has 0 bridgehead atoms. The van der Waals surface area contributed by atoms with Gasteiger partial charge in [0.1, 0.15) is 0 Å². The second-order valence-electron chi connectivity index (χ2n) is 3.79. The van der Waals surface area contributed by atoms with Crippen molar-refractivity contribution in [2.45, 2.75) is 19.4 Å². The highest BCUT2D eigenvalue weighted by molar-refractivity contribution is 5.96. The van der Waals surface area contributed by atoms with Crippen LogP contribution in [-0.4, -0.2) is 30.1 Å². The molecule has 3 N–H and O–H groups in total. The monoisotopic (exact) mass is 236 g/mol. The van der Waals surface area contributed by atoms with E-state index in [2.05, 4.69) is 10.6 Å². The molecule has 1 unspecified atom stereocenters. The number of nitrogens with one attached hydrogen (secondary N) is 2. The van der Waals surface area contributed by atoms with Crippen molar-refractivity contribution >= 4 is 17.6 Å². The van der Waals surface area contributed by atoms with Gasteiger partial charge in [0.25, 0.3) is 0 Å². The molecule has 17 heavy (non-hydrogen) atoms. The average Bonchev–Trinajstić information content (AvgIpc) is 2.28. The number of aryl methyl sites for hydroxylation is 1. The van der Waals surface area contributed by atoms with Crippen molar-refractivity contribution in [3.8, 4) is 0 Å². The molecule has 1 atom stereocenters. The zero-order valence-electron chi connectivity index (χ0n) is 9.86. The molecule has 1 rings (SSSR count). The Bertz CT molecular complexity index is 401. The second-order valence-corrected chi connectivity index (χ2v) is 3.79. The first-order valence-corrected chi connectivity index (χ1v) is 5.29. The number of anilines is 1. The fourth-order valence-electron chi connectivity index (χ4n) is 1.37. The van der Waals surface area contributed by atoms with Crippen molar-refractivity contribution in [2.75, 3.05) is 12.4 Å². The molecule has 0 radical (unpaired) electrons. The van der Waals surface area contributed by atoms with Crippen molar-refractivity contribution in [1.82, 2.24) is 5.32 Å². The number of hydrogen-bond donors (Lipinski definition) is 3. The summed E-state index contributed by atoms with van der Waals surface area (Å²) in [6.45, 7) is 1.95. The molecule has 5 nitrogen and oxygen atoms in total. The van der Waals surface area contributed by atoms with Crippen LogP contribution in [0.25, 0.3) is 0 Å². The van der Waals surface area contributed by atoms with E-state index in [1.165, 1.54) is 0 Å². The van der Waals surface area contributed by atoms with E-state index in [1.54, 1.807) is 19.2 Å². The zero-order chi connectivity index (χ0) is 12.8. The lowest BCUT2D eigenvalue weighted by atomic mass is 10.2. The largest absolute Gasteiger partial charge is 0.481 e. The molecule has 0 fully saturated rings. The lowest BCUT2D eigenvalue weighted by Gasteiger charge is -2.14. The average molecular weight is 236 g/mol. The first-order chi connectivity index (χ1) is 8.02. The van der Waals surface area contributed by atoms with E-state index >= 15 is 0 Å². The molecule has 0 saturated carbocycles. The Balaban J connectivity index is 2.63. The molecule has 0 heterocycles. The third-order valence-electron chi connectivity index (χ3n) is 2.36. The molecule has 0 aliphatic heterocycles. The quantitative estimate of drug-likeness (QED) is 0.712. The van der Waals surface area contributed by atoms with Crippen LogP contribution >= 0.6 is 0 Å². The van der Waals surface area contributed by atoms with Gasteiger partial charge in [-0.3, -0.25) is 9.59 Å². The van der Waals surface area contributed by atoms with Crippen LogP contribution in [0.4, 0.5) is 5.69 Å². The van der Waals surface area contributed by atoms with Gasteiger partial charge < -0.3 is 15.7 Å². The van der Waals surface area contributed by atoms with Gasteiger partial charge in [-0.15, -0.1) is 0 Å². The van der Waals surface area contributed by atoms with E-state index in [9.17, 15) is 9.59 Å². The van der Waals surface area contributed by atoms with Gasteiger partial charge in [-0.1, -0.05) is 17.7 Å². The summed E-state index contributed by atoms with van der Waals surface area (Å²) in [7, 11) is 1.56. The summed E-state index contributed by atoms with van der Waals surface area (Å²) in [4.78, 5) is 22.3. The van der Waals surface area contributed by atoms with E-state index in [4.69, 9.17) is 5.11 Å². The van der Waals surface area contributed by atoms with E-state index in [1.807, 2.05) is 19.1 Å². The number of rotatable bonds is 5. The molecule has 5 heteroatoms. The lowest BCUT2D eigenvalue weighted by molar-refractivity contribution is -0.139. The Kier molecular flexibility index (Phi) is 4.66. The molecule has 92 valence electrons. The maximum Gasteiger partial charge on any atom is 0.305 e. The van der Waals surface area contributed by atoms with Crippen LogP contribution in [0, 0.1) is 6.92 Å². The first-order valence-electron chi connectivity index (χ1n) is 5.29. The van der Waals surface area contributed by atoms with Crippen molar-refractivity contribution in [3.63, 3.8) is 0 Å². The van der Waals surface area contributed by atoms with Gasteiger partial charge in [0.05, 0.1) is 12.5 Å². The Labute approximate surface area is 99.8 Å². The van der Waals surface area contributed by atoms with Gasteiger partial charge >= 0.3 is 5.97 Å². The highest BCUT2D eigenvalue weighted by atomic mass is 16.4. The number of likely N-dealkylation sites (N-methyl/N-ethyl adjacent to an activating group) is 1. The van der Waals surface area contributed by atoms with Gasteiger partial charge in [0.2, 0.25) is 5.91 Å². The highest BCUT2D eigenvalue weighted by Gasteiger charge is 2.19. The molecule has 0 aliphatic carbocycles. The lowest BCUT2D eigenvalue weighted by Crippen LogP contribution is -2.40. The molecule has 1 amide bonds. The summed E-state index contributed by atoms with van der Waals surface area (Å²) in [6.07, 6.45) is -0.242. The first kappa shape index (κ1) is 13.2.